The van der Waals surface area contributed by atoms with Crippen LogP contribution in [0.1, 0.15) is 25.8 Å². The standard InChI is InChI=1S/C13H17N3O/c1-3-9-17-13-14-12(15-16-13)11-7-5-10(4-2)6-8-11/h5-8H,3-4,9H2,1-2H3,(H,14,15,16). The molecule has 0 spiro atoms. The molecule has 4 nitrogen and oxygen atoms in total. The van der Waals surface area contributed by atoms with Gasteiger partial charge in [-0.2, -0.15) is 4.98 Å². The van der Waals surface area contributed by atoms with Crippen LogP contribution in [0.25, 0.3) is 11.4 Å². The molecule has 1 aromatic heterocycles. The summed E-state index contributed by atoms with van der Waals surface area (Å²) in [5.41, 5.74) is 2.34. The maximum Gasteiger partial charge on any atom is 0.335 e. The summed E-state index contributed by atoms with van der Waals surface area (Å²) < 4.78 is 5.35. The molecular weight excluding hydrogens is 214 g/mol. The molecule has 0 radical (unpaired) electrons. The largest absolute Gasteiger partial charge is 0.462 e. The van der Waals surface area contributed by atoms with Gasteiger partial charge in [-0.15, -0.1) is 5.10 Å². The lowest BCUT2D eigenvalue weighted by Gasteiger charge is -1.98. The first-order valence-corrected chi connectivity index (χ1v) is 5.98. The van der Waals surface area contributed by atoms with Crippen LogP contribution in [-0.2, 0) is 6.42 Å². The molecule has 4 heteroatoms. The zero-order chi connectivity index (χ0) is 12.1. The van der Waals surface area contributed by atoms with Gasteiger partial charge in [0.25, 0.3) is 0 Å². The minimum atomic E-state index is 0.418. The van der Waals surface area contributed by atoms with E-state index in [9.17, 15) is 0 Å². The summed E-state index contributed by atoms with van der Waals surface area (Å²) in [6.45, 7) is 4.84. The third-order valence-electron chi connectivity index (χ3n) is 2.54. The maximum absolute atomic E-state index is 5.35. The van der Waals surface area contributed by atoms with Crippen molar-refractivity contribution in [1.82, 2.24) is 15.2 Å². The third-order valence-corrected chi connectivity index (χ3v) is 2.54. The summed E-state index contributed by atoms with van der Waals surface area (Å²) in [6.07, 6.45) is 2.00. The van der Waals surface area contributed by atoms with E-state index in [1.165, 1.54) is 5.56 Å². The van der Waals surface area contributed by atoms with Gasteiger partial charge in [0, 0.05) is 5.56 Å². The molecule has 90 valence electrons. The number of hydrogen-bond acceptors (Lipinski definition) is 3. The van der Waals surface area contributed by atoms with E-state index in [1.807, 2.05) is 12.1 Å². The van der Waals surface area contributed by atoms with Crippen molar-refractivity contribution in [3.63, 3.8) is 0 Å². The van der Waals surface area contributed by atoms with Crippen LogP contribution in [0.4, 0.5) is 0 Å². The second kappa shape index (κ2) is 5.48. The Labute approximate surface area is 101 Å². The average molecular weight is 231 g/mol. The number of rotatable bonds is 5. The highest BCUT2D eigenvalue weighted by atomic mass is 16.5. The fourth-order valence-corrected chi connectivity index (χ4v) is 1.53. The van der Waals surface area contributed by atoms with Gasteiger partial charge in [-0.3, -0.25) is 5.10 Å². The third kappa shape index (κ3) is 2.84. The summed E-state index contributed by atoms with van der Waals surface area (Å²) in [6, 6.07) is 8.71. The Balaban J connectivity index is 2.12. The fraction of sp³-hybridized carbons (Fsp3) is 0.385. The first-order valence-electron chi connectivity index (χ1n) is 5.98. The zero-order valence-corrected chi connectivity index (χ0v) is 10.2. The Bertz CT molecular complexity index is 462. The van der Waals surface area contributed by atoms with Gasteiger partial charge in [0.1, 0.15) is 0 Å². The van der Waals surface area contributed by atoms with E-state index in [0.29, 0.717) is 12.6 Å². The molecule has 0 aliphatic carbocycles. The van der Waals surface area contributed by atoms with Crippen LogP contribution in [0, 0.1) is 0 Å². The van der Waals surface area contributed by atoms with Gasteiger partial charge in [0.05, 0.1) is 6.61 Å². The number of benzene rings is 1. The van der Waals surface area contributed by atoms with Crippen molar-refractivity contribution in [3.05, 3.63) is 29.8 Å². The zero-order valence-electron chi connectivity index (χ0n) is 10.2. The van der Waals surface area contributed by atoms with Crippen LogP contribution in [-0.4, -0.2) is 21.8 Å². The number of aromatic nitrogens is 3. The molecule has 0 aliphatic rings. The molecule has 0 bridgehead atoms. The summed E-state index contributed by atoms with van der Waals surface area (Å²) in [5.74, 6) is 0.749. The number of nitrogens with zero attached hydrogens (tertiary/aromatic N) is 2. The topological polar surface area (TPSA) is 50.8 Å². The highest BCUT2D eigenvalue weighted by Gasteiger charge is 2.05. The number of hydrogen-bond donors (Lipinski definition) is 1. The Morgan fingerprint density at radius 3 is 2.59 bits per heavy atom. The number of aryl methyl sites for hydroxylation is 1. The predicted molar refractivity (Wildman–Crippen MR) is 67.0 cm³/mol. The summed E-state index contributed by atoms with van der Waals surface area (Å²) >= 11 is 0. The van der Waals surface area contributed by atoms with E-state index < -0.39 is 0 Å². The number of aromatic amines is 1. The fourth-order valence-electron chi connectivity index (χ4n) is 1.53. The molecule has 0 unspecified atom stereocenters. The van der Waals surface area contributed by atoms with E-state index in [0.717, 1.165) is 24.2 Å². The summed E-state index contributed by atoms with van der Waals surface area (Å²) in [4.78, 5) is 4.28. The number of H-pyrrole nitrogens is 1. The molecule has 1 aromatic carbocycles. The first-order chi connectivity index (χ1) is 8.33. The van der Waals surface area contributed by atoms with Crippen molar-refractivity contribution in [2.24, 2.45) is 0 Å². The molecule has 0 fully saturated rings. The van der Waals surface area contributed by atoms with Crippen LogP contribution in [0.5, 0.6) is 6.01 Å². The van der Waals surface area contributed by atoms with E-state index >= 15 is 0 Å². The molecule has 0 amide bonds. The van der Waals surface area contributed by atoms with Crippen molar-refractivity contribution < 1.29 is 4.74 Å². The molecular formula is C13H17N3O. The monoisotopic (exact) mass is 231 g/mol. The Morgan fingerprint density at radius 1 is 1.18 bits per heavy atom. The van der Waals surface area contributed by atoms with E-state index in [2.05, 4.69) is 41.2 Å². The normalized spacial score (nSPS) is 10.5. The van der Waals surface area contributed by atoms with Crippen LogP contribution in [0.15, 0.2) is 24.3 Å². The molecule has 2 rings (SSSR count). The van der Waals surface area contributed by atoms with Crippen molar-refractivity contribution in [1.29, 1.82) is 0 Å². The molecule has 17 heavy (non-hydrogen) atoms. The molecule has 0 atom stereocenters. The van der Waals surface area contributed by atoms with E-state index in [-0.39, 0.29) is 0 Å². The van der Waals surface area contributed by atoms with Gasteiger partial charge in [-0.1, -0.05) is 38.1 Å². The lowest BCUT2D eigenvalue weighted by molar-refractivity contribution is 0.293. The number of nitrogens with one attached hydrogen (secondary N) is 1. The van der Waals surface area contributed by atoms with Crippen LogP contribution in [0.3, 0.4) is 0 Å². The summed E-state index contributed by atoms with van der Waals surface area (Å²) in [5, 5.41) is 6.90. The highest BCUT2D eigenvalue weighted by Crippen LogP contribution is 2.17. The van der Waals surface area contributed by atoms with Crippen LogP contribution >= 0.6 is 0 Å². The Morgan fingerprint density at radius 2 is 1.94 bits per heavy atom. The Hall–Kier alpha value is -1.84. The minimum absolute atomic E-state index is 0.418. The van der Waals surface area contributed by atoms with Crippen LogP contribution in [0.2, 0.25) is 0 Å². The summed E-state index contributed by atoms with van der Waals surface area (Å²) in [7, 11) is 0. The number of ether oxygens (including phenoxy) is 1. The van der Waals surface area contributed by atoms with Gasteiger partial charge < -0.3 is 4.74 Å². The van der Waals surface area contributed by atoms with Gasteiger partial charge in [0.15, 0.2) is 5.82 Å². The van der Waals surface area contributed by atoms with Gasteiger partial charge in [0.2, 0.25) is 0 Å². The molecule has 0 saturated heterocycles. The quantitative estimate of drug-likeness (QED) is 0.860. The SMILES string of the molecule is CCCOc1n[nH]c(-c2ccc(CC)cc2)n1. The van der Waals surface area contributed by atoms with E-state index in [4.69, 9.17) is 4.74 Å². The molecule has 0 saturated carbocycles. The lowest BCUT2D eigenvalue weighted by Crippen LogP contribution is -1.96. The second-order valence-electron chi connectivity index (χ2n) is 3.87. The van der Waals surface area contributed by atoms with Crippen molar-refractivity contribution in [2.75, 3.05) is 6.61 Å². The average Bonchev–Trinajstić information content (AvgIpc) is 2.85. The minimum Gasteiger partial charge on any atom is -0.462 e. The molecule has 0 aliphatic heterocycles. The van der Waals surface area contributed by atoms with Gasteiger partial charge in [-0.25, -0.2) is 0 Å². The molecule has 2 aromatic rings. The molecule has 1 N–H and O–H groups in total. The highest BCUT2D eigenvalue weighted by molar-refractivity contribution is 5.55. The smallest absolute Gasteiger partial charge is 0.335 e. The van der Waals surface area contributed by atoms with Crippen LogP contribution < -0.4 is 4.74 Å². The van der Waals surface area contributed by atoms with Gasteiger partial charge in [-0.05, 0) is 18.4 Å². The van der Waals surface area contributed by atoms with E-state index in [1.54, 1.807) is 0 Å². The molecule has 1 heterocycles. The van der Waals surface area contributed by atoms with Crippen molar-refractivity contribution in [3.8, 4) is 17.4 Å². The van der Waals surface area contributed by atoms with Gasteiger partial charge >= 0.3 is 6.01 Å². The Kier molecular flexibility index (Phi) is 3.75. The predicted octanol–water partition coefficient (Wildman–Crippen LogP) is 2.82. The first kappa shape index (κ1) is 11.6. The lowest BCUT2D eigenvalue weighted by atomic mass is 10.1. The van der Waals surface area contributed by atoms with Crippen molar-refractivity contribution >= 4 is 0 Å². The maximum atomic E-state index is 5.35. The van der Waals surface area contributed by atoms with Crippen molar-refractivity contribution in [2.45, 2.75) is 26.7 Å². The second-order valence-corrected chi connectivity index (χ2v) is 3.87.